The van der Waals surface area contributed by atoms with Crippen molar-refractivity contribution in [2.45, 2.75) is 40.0 Å². The van der Waals surface area contributed by atoms with E-state index in [9.17, 15) is 9.59 Å². The topological polar surface area (TPSA) is 52.6 Å². The minimum Gasteiger partial charge on any atom is -0.465 e. The molecular formula is C13H23BrO4. The summed E-state index contributed by atoms with van der Waals surface area (Å²) in [6.07, 6.45) is 2.33. The van der Waals surface area contributed by atoms with Crippen molar-refractivity contribution in [3.63, 3.8) is 0 Å². The van der Waals surface area contributed by atoms with Gasteiger partial charge in [-0.2, -0.15) is 0 Å². The summed E-state index contributed by atoms with van der Waals surface area (Å²) in [4.78, 5) is 23.4. The molecule has 0 N–H and O–H groups in total. The van der Waals surface area contributed by atoms with Gasteiger partial charge in [0, 0.05) is 5.33 Å². The van der Waals surface area contributed by atoms with Crippen molar-refractivity contribution in [2.75, 3.05) is 18.5 Å². The summed E-state index contributed by atoms with van der Waals surface area (Å²) in [7, 11) is 0. The highest BCUT2D eigenvalue weighted by Gasteiger charge is 2.29. The van der Waals surface area contributed by atoms with E-state index in [0.717, 1.165) is 18.2 Å². The SMILES string of the molecule is CCOC(=O)C(CCC(C)CCBr)C(=O)OCC. The van der Waals surface area contributed by atoms with Crippen LogP contribution in [-0.4, -0.2) is 30.5 Å². The molecule has 0 heterocycles. The summed E-state index contributed by atoms with van der Waals surface area (Å²) in [6.45, 7) is 6.13. The van der Waals surface area contributed by atoms with Crippen molar-refractivity contribution in [1.29, 1.82) is 0 Å². The zero-order chi connectivity index (χ0) is 14.0. The molecule has 0 fully saturated rings. The third kappa shape index (κ3) is 6.99. The number of ether oxygens (including phenoxy) is 2. The molecule has 18 heavy (non-hydrogen) atoms. The van der Waals surface area contributed by atoms with Gasteiger partial charge in [0.05, 0.1) is 13.2 Å². The van der Waals surface area contributed by atoms with Crippen LogP contribution in [0.3, 0.4) is 0 Å². The van der Waals surface area contributed by atoms with Crippen molar-refractivity contribution in [1.82, 2.24) is 0 Å². The summed E-state index contributed by atoms with van der Waals surface area (Å²) in [5.74, 6) is -1.25. The minimum atomic E-state index is -0.775. The summed E-state index contributed by atoms with van der Waals surface area (Å²) >= 11 is 3.38. The summed E-state index contributed by atoms with van der Waals surface area (Å²) in [5.41, 5.74) is 0. The van der Waals surface area contributed by atoms with Crippen molar-refractivity contribution < 1.29 is 19.1 Å². The molecule has 1 atom stereocenters. The number of esters is 2. The van der Waals surface area contributed by atoms with Crippen LogP contribution in [0, 0.1) is 11.8 Å². The first-order valence-electron chi connectivity index (χ1n) is 6.45. The van der Waals surface area contributed by atoms with Crippen LogP contribution in [0.25, 0.3) is 0 Å². The monoisotopic (exact) mass is 322 g/mol. The Kier molecular flexibility index (Phi) is 10.0. The predicted molar refractivity (Wildman–Crippen MR) is 73.6 cm³/mol. The number of rotatable bonds is 9. The standard InChI is InChI=1S/C13H23BrO4/c1-4-17-12(15)11(13(16)18-5-2)7-6-10(3)8-9-14/h10-11H,4-9H2,1-3H3. The van der Waals surface area contributed by atoms with Crippen LogP contribution in [-0.2, 0) is 19.1 Å². The molecule has 0 aromatic carbocycles. The van der Waals surface area contributed by atoms with E-state index in [-0.39, 0.29) is 13.2 Å². The van der Waals surface area contributed by atoms with E-state index < -0.39 is 17.9 Å². The van der Waals surface area contributed by atoms with E-state index in [4.69, 9.17) is 9.47 Å². The van der Waals surface area contributed by atoms with Crippen molar-refractivity contribution >= 4 is 27.9 Å². The molecule has 0 aliphatic carbocycles. The number of carbonyl (C=O) groups excluding carboxylic acids is 2. The van der Waals surface area contributed by atoms with Crippen molar-refractivity contribution in [3.8, 4) is 0 Å². The molecule has 0 saturated heterocycles. The Bertz CT molecular complexity index is 237. The van der Waals surface area contributed by atoms with E-state index in [1.807, 2.05) is 0 Å². The van der Waals surface area contributed by atoms with Gasteiger partial charge in [-0.25, -0.2) is 0 Å². The van der Waals surface area contributed by atoms with E-state index in [2.05, 4.69) is 22.9 Å². The number of hydrogen-bond acceptors (Lipinski definition) is 4. The molecule has 0 amide bonds. The molecule has 0 aromatic rings. The molecule has 1 unspecified atom stereocenters. The van der Waals surface area contributed by atoms with Gasteiger partial charge in [-0.15, -0.1) is 0 Å². The summed E-state index contributed by atoms with van der Waals surface area (Å²) < 4.78 is 9.83. The highest BCUT2D eigenvalue weighted by molar-refractivity contribution is 9.09. The number of alkyl halides is 1. The van der Waals surface area contributed by atoms with Gasteiger partial charge < -0.3 is 9.47 Å². The summed E-state index contributed by atoms with van der Waals surface area (Å²) in [5, 5.41) is 0.928. The molecule has 0 aromatic heterocycles. The number of hydrogen-bond donors (Lipinski definition) is 0. The summed E-state index contributed by atoms with van der Waals surface area (Å²) in [6, 6.07) is 0. The maximum Gasteiger partial charge on any atom is 0.320 e. The van der Waals surface area contributed by atoms with Crippen LogP contribution >= 0.6 is 15.9 Å². The van der Waals surface area contributed by atoms with E-state index in [1.54, 1.807) is 13.8 Å². The third-order valence-corrected chi connectivity index (χ3v) is 3.15. The van der Waals surface area contributed by atoms with Crippen LogP contribution in [0.4, 0.5) is 0 Å². The van der Waals surface area contributed by atoms with Crippen molar-refractivity contribution in [2.24, 2.45) is 11.8 Å². The number of carbonyl (C=O) groups is 2. The smallest absolute Gasteiger partial charge is 0.320 e. The average Bonchev–Trinajstić information content (AvgIpc) is 2.30. The molecule has 5 heteroatoms. The van der Waals surface area contributed by atoms with Gasteiger partial charge in [0.15, 0.2) is 5.92 Å². The van der Waals surface area contributed by atoms with E-state index >= 15 is 0 Å². The normalized spacial score (nSPS) is 12.3. The molecule has 0 rings (SSSR count). The first kappa shape index (κ1) is 17.4. The molecule has 0 aliphatic heterocycles. The molecule has 106 valence electrons. The second-order valence-electron chi connectivity index (χ2n) is 4.22. The zero-order valence-corrected chi connectivity index (χ0v) is 13.0. The van der Waals surface area contributed by atoms with Crippen molar-refractivity contribution in [3.05, 3.63) is 0 Å². The Morgan fingerprint density at radius 2 is 1.50 bits per heavy atom. The highest BCUT2D eigenvalue weighted by Crippen LogP contribution is 2.18. The molecule has 0 saturated carbocycles. The largest absolute Gasteiger partial charge is 0.465 e. The molecule has 0 radical (unpaired) electrons. The lowest BCUT2D eigenvalue weighted by molar-refractivity contribution is -0.162. The van der Waals surface area contributed by atoms with Gasteiger partial charge >= 0.3 is 11.9 Å². The predicted octanol–water partition coefficient (Wildman–Crippen LogP) is 2.93. The lowest BCUT2D eigenvalue weighted by atomic mass is 9.95. The van der Waals surface area contributed by atoms with Gasteiger partial charge in [0.25, 0.3) is 0 Å². The quantitative estimate of drug-likeness (QED) is 0.372. The lowest BCUT2D eigenvalue weighted by Crippen LogP contribution is -2.28. The van der Waals surface area contributed by atoms with Gasteiger partial charge in [0.1, 0.15) is 0 Å². The van der Waals surface area contributed by atoms with Crippen LogP contribution in [0.15, 0.2) is 0 Å². The van der Waals surface area contributed by atoms with E-state index in [0.29, 0.717) is 12.3 Å². The third-order valence-electron chi connectivity index (χ3n) is 2.69. The van der Waals surface area contributed by atoms with E-state index in [1.165, 1.54) is 0 Å². The fourth-order valence-corrected chi connectivity index (χ4v) is 2.38. The number of halogens is 1. The Morgan fingerprint density at radius 3 is 1.89 bits per heavy atom. The van der Waals surface area contributed by atoms with Gasteiger partial charge in [-0.05, 0) is 39.0 Å². The van der Waals surface area contributed by atoms with Crippen LogP contribution < -0.4 is 0 Å². The average molecular weight is 323 g/mol. The Balaban J connectivity index is 4.37. The Labute approximate surface area is 118 Å². The molecule has 0 aliphatic rings. The first-order valence-corrected chi connectivity index (χ1v) is 7.58. The Hall–Kier alpha value is -0.580. The molecule has 4 nitrogen and oxygen atoms in total. The minimum absolute atomic E-state index is 0.283. The highest BCUT2D eigenvalue weighted by atomic mass is 79.9. The molecule has 0 spiro atoms. The second kappa shape index (κ2) is 10.4. The Morgan fingerprint density at radius 1 is 1.00 bits per heavy atom. The van der Waals surface area contributed by atoms with Gasteiger partial charge in [0.2, 0.25) is 0 Å². The van der Waals surface area contributed by atoms with Crippen LogP contribution in [0.1, 0.15) is 40.0 Å². The fourth-order valence-electron chi connectivity index (χ4n) is 1.60. The second-order valence-corrected chi connectivity index (χ2v) is 5.01. The molecular weight excluding hydrogens is 300 g/mol. The van der Waals surface area contributed by atoms with Crippen LogP contribution in [0.5, 0.6) is 0 Å². The lowest BCUT2D eigenvalue weighted by Gasteiger charge is -2.16. The van der Waals surface area contributed by atoms with Crippen LogP contribution in [0.2, 0.25) is 0 Å². The fraction of sp³-hybridized carbons (Fsp3) is 0.846. The van der Waals surface area contributed by atoms with Gasteiger partial charge in [-0.3, -0.25) is 9.59 Å². The zero-order valence-electron chi connectivity index (χ0n) is 11.4. The maximum absolute atomic E-state index is 11.7. The van der Waals surface area contributed by atoms with Gasteiger partial charge in [-0.1, -0.05) is 22.9 Å². The first-order chi connectivity index (χ1) is 8.56. The maximum atomic E-state index is 11.7. The molecule has 0 bridgehead atoms.